The number of ether oxygens (including phenoxy) is 2. The summed E-state index contributed by atoms with van der Waals surface area (Å²) >= 11 is 12.8. The summed E-state index contributed by atoms with van der Waals surface area (Å²) < 4.78 is 10.9. The Morgan fingerprint density at radius 3 is 2.15 bits per heavy atom. The quantitative estimate of drug-likeness (QED) is 0.384. The molecule has 2 aromatic carbocycles. The Labute approximate surface area is 212 Å². The molecule has 0 bridgehead atoms. The molecule has 6 nitrogen and oxygen atoms in total. The molecule has 0 aromatic heterocycles. The van der Waals surface area contributed by atoms with Crippen LogP contribution in [0.3, 0.4) is 0 Å². The number of nitrogens with zero attached hydrogens (tertiary/aromatic N) is 1. The lowest BCUT2D eigenvalue weighted by Crippen LogP contribution is -2.53. The molecule has 0 aliphatic carbocycles. The van der Waals surface area contributed by atoms with Gasteiger partial charge in [-0.15, -0.1) is 0 Å². The first-order chi connectivity index (χ1) is 16.1. The van der Waals surface area contributed by atoms with Crippen molar-refractivity contribution < 1.29 is 19.1 Å². The van der Waals surface area contributed by atoms with Gasteiger partial charge in [-0.1, -0.05) is 36.2 Å². The van der Waals surface area contributed by atoms with Gasteiger partial charge in [-0.2, -0.15) is 0 Å². The van der Waals surface area contributed by atoms with Crippen LogP contribution < -0.4 is 14.8 Å². The highest BCUT2D eigenvalue weighted by molar-refractivity contribution is 6.36. The summed E-state index contributed by atoms with van der Waals surface area (Å²) in [5.41, 5.74) is 0.198. The fraction of sp³-hybridized carbons (Fsp3) is 0.462. The van der Waals surface area contributed by atoms with Gasteiger partial charge in [-0.05, 0) is 70.0 Å². The van der Waals surface area contributed by atoms with Gasteiger partial charge in [0, 0.05) is 34.1 Å². The number of halogens is 2. The SMILES string of the molecule is CCC(C(=O)NC(C)(C)C)N(Cc1c(Cl)cccc1Cl)C(=O)CCCOc1ccc(OC)cc1. The van der Waals surface area contributed by atoms with Gasteiger partial charge >= 0.3 is 0 Å². The Kier molecular flexibility index (Phi) is 10.5. The predicted octanol–water partition coefficient (Wildman–Crippen LogP) is 5.88. The van der Waals surface area contributed by atoms with Crippen LogP contribution in [0.4, 0.5) is 0 Å². The predicted molar refractivity (Wildman–Crippen MR) is 137 cm³/mol. The molecule has 1 atom stereocenters. The van der Waals surface area contributed by atoms with Crippen molar-refractivity contribution in [2.45, 2.75) is 65.1 Å². The normalized spacial score (nSPS) is 12.1. The van der Waals surface area contributed by atoms with Crippen molar-refractivity contribution in [3.63, 3.8) is 0 Å². The first kappa shape index (κ1) is 27.8. The number of rotatable bonds is 11. The fourth-order valence-electron chi connectivity index (χ4n) is 3.46. The molecule has 2 rings (SSSR count). The Bertz CT molecular complexity index is 938. The summed E-state index contributed by atoms with van der Waals surface area (Å²) in [6, 6.07) is 11.8. The molecule has 0 radical (unpaired) electrons. The van der Waals surface area contributed by atoms with Gasteiger partial charge in [0.15, 0.2) is 0 Å². The molecule has 0 fully saturated rings. The van der Waals surface area contributed by atoms with E-state index in [1.165, 1.54) is 0 Å². The zero-order chi connectivity index (χ0) is 25.3. The molecular weight excluding hydrogens is 475 g/mol. The zero-order valence-electron chi connectivity index (χ0n) is 20.5. The standard InChI is InChI=1S/C26H34Cl2N2O4/c1-6-23(25(32)29-26(2,3)4)30(17-20-21(27)9-7-10-22(20)28)24(31)11-8-16-34-19-14-12-18(33-5)13-15-19/h7,9-10,12-15,23H,6,8,11,16-17H2,1-5H3,(H,29,32). The van der Waals surface area contributed by atoms with E-state index >= 15 is 0 Å². The van der Waals surface area contributed by atoms with Gasteiger partial charge in [-0.3, -0.25) is 9.59 Å². The Balaban J connectivity index is 2.13. The minimum Gasteiger partial charge on any atom is -0.497 e. The summed E-state index contributed by atoms with van der Waals surface area (Å²) in [4.78, 5) is 28.0. The van der Waals surface area contributed by atoms with Crippen molar-refractivity contribution in [1.29, 1.82) is 0 Å². The van der Waals surface area contributed by atoms with Crippen molar-refractivity contribution >= 4 is 35.0 Å². The van der Waals surface area contributed by atoms with E-state index in [4.69, 9.17) is 32.7 Å². The second-order valence-corrected chi connectivity index (χ2v) is 9.83. The average Bonchev–Trinajstić information content (AvgIpc) is 2.77. The second-order valence-electron chi connectivity index (χ2n) is 9.01. The maximum atomic E-state index is 13.3. The lowest BCUT2D eigenvalue weighted by atomic mass is 10.0. The van der Waals surface area contributed by atoms with E-state index in [1.807, 2.05) is 52.0 Å². The van der Waals surface area contributed by atoms with Gasteiger partial charge < -0.3 is 19.7 Å². The van der Waals surface area contributed by atoms with E-state index in [2.05, 4.69) is 5.32 Å². The van der Waals surface area contributed by atoms with Crippen molar-refractivity contribution in [3.05, 3.63) is 58.1 Å². The topological polar surface area (TPSA) is 67.9 Å². The van der Waals surface area contributed by atoms with Crippen molar-refractivity contribution in [1.82, 2.24) is 10.2 Å². The molecule has 186 valence electrons. The van der Waals surface area contributed by atoms with Crippen LogP contribution in [0.1, 0.15) is 52.5 Å². The summed E-state index contributed by atoms with van der Waals surface area (Å²) in [6.45, 7) is 8.12. The van der Waals surface area contributed by atoms with Crippen LogP contribution in [0, 0.1) is 0 Å². The summed E-state index contributed by atoms with van der Waals surface area (Å²) in [7, 11) is 1.61. The third-order valence-corrected chi connectivity index (χ3v) is 5.85. The molecule has 2 amide bonds. The van der Waals surface area contributed by atoms with Crippen LogP contribution in [0.5, 0.6) is 11.5 Å². The van der Waals surface area contributed by atoms with E-state index in [9.17, 15) is 9.59 Å². The summed E-state index contributed by atoms with van der Waals surface area (Å²) in [5.74, 6) is 1.07. The maximum absolute atomic E-state index is 13.3. The second kappa shape index (κ2) is 12.9. The van der Waals surface area contributed by atoms with Crippen LogP contribution in [-0.2, 0) is 16.1 Å². The third-order valence-electron chi connectivity index (χ3n) is 5.14. The monoisotopic (exact) mass is 508 g/mol. The molecule has 0 saturated heterocycles. The van der Waals surface area contributed by atoms with Gasteiger partial charge in [0.2, 0.25) is 11.8 Å². The minimum atomic E-state index is -0.651. The largest absolute Gasteiger partial charge is 0.497 e. The molecule has 0 spiro atoms. The van der Waals surface area contributed by atoms with Crippen molar-refractivity contribution in [3.8, 4) is 11.5 Å². The fourth-order valence-corrected chi connectivity index (χ4v) is 3.97. The highest BCUT2D eigenvalue weighted by Gasteiger charge is 2.31. The molecule has 34 heavy (non-hydrogen) atoms. The Morgan fingerprint density at radius 1 is 1.03 bits per heavy atom. The average molecular weight is 509 g/mol. The maximum Gasteiger partial charge on any atom is 0.243 e. The van der Waals surface area contributed by atoms with Crippen LogP contribution >= 0.6 is 23.2 Å². The summed E-state index contributed by atoms with van der Waals surface area (Å²) in [6.07, 6.45) is 1.17. The third kappa shape index (κ3) is 8.41. The number of amides is 2. The Hall–Kier alpha value is -2.44. The van der Waals surface area contributed by atoms with E-state index in [1.54, 1.807) is 30.2 Å². The minimum absolute atomic E-state index is 0.146. The number of hydrogen-bond acceptors (Lipinski definition) is 4. The lowest BCUT2D eigenvalue weighted by molar-refractivity contribution is -0.142. The first-order valence-corrected chi connectivity index (χ1v) is 12.1. The number of benzene rings is 2. The van der Waals surface area contributed by atoms with Crippen molar-refractivity contribution in [2.24, 2.45) is 0 Å². The number of carbonyl (C=O) groups is 2. The number of carbonyl (C=O) groups excluding carboxylic acids is 2. The van der Waals surface area contributed by atoms with Crippen LogP contribution in [0.2, 0.25) is 10.0 Å². The van der Waals surface area contributed by atoms with Crippen LogP contribution in [-0.4, -0.2) is 42.0 Å². The van der Waals surface area contributed by atoms with Gasteiger partial charge in [0.05, 0.1) is 13.7 Å². The van der Waals surface area contributed by atoms with E-state index in [-0.39, 0.29) is 24.8 Å². The first-order valence-electron chi connectivity index (χ1n) is 11.4. The zero-order valence-corrected chi connectivity index (χ0v) is 22.0. The molecule has 0 aliphatic rings. The van der Waals surface area contributed by atoms with Gasteiger partial charge in [0.1, 0.15) is 17.5 Å². The van der Waals surface area contributed by atoms with Crippen molar-refractivity contribution in [2.75, 3.05) is 13.7 Å². The lowest BCUT2D eigenvalue weighted by Gasteiger charge is -2.33. The molecule has 1 N–H and O–H groups in total. The molecule has 0 aliphatic heterocycles. The molecule has 0 saturated carbocycles. The number of nitrogens with one attached hydrogen (secondary N) is 1. The van der Waals surface area contributed by atoms with E-state index in [0.717, 1.165) is 5.75 Å². The van der Waals surface area contributed by atoms with Crippen LogP contribution in [0.15, 0.2) is 42.5 Å². The molecule has 0 heterocycles. The number of hydrogen-bond donors (Lipinski definition) is 1. The molecular formula is C26H34Cl2N2O4. The van der Waals surface area contributed by atoms with E-state index in [0.29, 0.717) is 40.8 Å². The Morgan fingerprint density at radius 2 is 1.62 bits per heavy atom. The highest BCUT2D eigenvalue weighted by Crippen LogP contribution is 2.27. The van der Waals surface area contributed by atoms with Crippen LogP contribution in [0.25, 0.3) is 0 Å². The van der Waals surface area contributed by atoms with E-state index < -0.39 is 11.6 Å². The van der Waals surface area contributed by atoms with Gasteiger partial charge in [-0.25, -0.2) is 0 Å². The summed E-state index contributed by atoms with van der Waals surface area (Å²) in [5, 5.41) is 3.90. The highest BCUT2D eigenvalue weighted by atomic mass is 35.5. The molecule has 1 unspecified atom stereocenters. The smallest absolute Gasteiger partial charge is 0.243 e. The molecule has 8 heteroatoms. The van der Waals surface area contributed by atoms with Gasteiger partial charge in [0.25, 0.3) is 0 Å². The molecule has 2 aromatic rings. The number of methoxy groups -OCH3 is 1.